The lowest BCUT2D eigenvalue weighted by atomic mass is 10.2. The van der Waals surface area contributed by atoms with Crippen LogP contribution in [0.3, 0.4) is 0 Å². The molecule has 2 heterocycles. The normalized spacial score (nSPS) is 15.3. The molecule has 8 heteroatoms. The Bertz CT molecular complexity index is 772. The smallest absolute Gasteiger partial charge is 0.273 e. The van der Waals surface area contributed by atoms with Crippen molar-refractivity contribution in [3.63, 3.8) is 0 Å². The zero-order valence-corrected chi connectivity index (χ0v) is 15.0. The highest BCUT2D eigenvalue weighted by molar-refractivity contribution is 7.99. The average molecular weight is 359 g/mol. The van der Waals surface area contributed by atoms with E-state index < -0.39 is 0 Å². The maximum Gasteiger partial charge on any atom is 0.273 e. The van der Waals surface area contributed by atoms with Crippen molar-refractivity contribution in [3.05, 3.63) is 51.9 Å². The number of rotatable bonds is 5. The van der Waals surface area contributed by atoms with Gasteiger partial charge in [-0.3, -0.25) is 19.5 Å². The Morgan fingerprint density at radius 3 is 2.56 bits per heavy atom. The van der Waals surface area contributed by atoms with Crippen LogP contribution in [0.1, 0.15) is 11.3 Å². The molecule has 25 heavy (non-hydrogen) atoms. The number of H-pyrrole nitrogens is 1. The number of thioether (sulfide) groups is 1. The summed E-state index contributed by atoms with van der Waals surface area (Å²) >= 11 is 1.21. The van der Waals surface area contributed by atoms with E-state index in [4.69, 9.17) is 0 Å². The van der Waals surface area contributed by atoms with Crippen LogP contribution in [0.2, 0.25) is 0 Å². The lowest BCUT2D eigenvalue weighted by molar-refractivity contribution is -0.130. The predicted octanol–water partition coefficient (Wildman–Crippen LogP) is 0.910. The number of nitrogens with zero attached hydrogens (tertiary/aromatic N) is 4. The maximum absolute atomic E-state index is 12.3. The van der Waals surface area contributed by atoms with Gasteiger partial charge in [-0.2, -0.15) is 0 Å². The number of carbonyl (C=O) groups excluding carboxylic acids is 1. The molecule has 1 fully saturated rings. The first-order valence-corrected chi connectivity index (χ1v) is 9.21. The summed E-state index contributed by atoms with van der Waals surface area (Å²) in [6.45, 7) is 5.70. The Balaban J connectivity index is 1.45. The number of nitrogens with one attached hydrogen (secondary N) is 1. The van der Waals surface area contributed by atoms with Crippen molar-refractivity contribution in [1.82, 2.24) is 25.0 Å². The van der Waals surface area contributed by atoms with Crippen LogP contribution in [0.5, 0.6) is 0 Å². The van der Waals surface area contributed by atoms with E-state index in [1.54, 1.807) is 6.92 Å². The van der Waals surface area contributed by atoms with Gasteiger partial charge in [0, 0.05) is 32.7 Å². The minimum atomic E-state index is -0.264. The third-order valence-electron chi connectivity index (χ3n) is 4.15. The molecular weight excluding hydrogens is 338 g/mol. The molecule has 7 nitrogen and oxygen atoms in total. The maximum atomic E-state index is 12.3. The molecule has 0 atom stereocenters. The van der Waals surface area contributed by atoms with Gasteiger partial charge in [0.05, 0.1) is 5.75 Å². The fourth-order valence-electron chi connectivity index (χ4n) is 2.66. The Morgan fingerprint density at radius 2 is 1.88 bits per heavy atom. The molecule has 1 aromatic carbocycles. The van der Waals surface area contributed by atoms with Crippen LogP contribution in [0.25, 0.3) is 0 Å². The summed E-state index contributed by atoms with van der Waals surface area (Å²) < 4.78 is 0. The summed E-state index contributed by atoms with van der Waals surface area (Å²) in [5.74, 6) is 0.319. The number of aryl methyl sites for hydroxylation is 1. The van der Waals surface area contributed by atoms with Crippen molar-refractivity contribution >= 4 is 17.7 Å². The summed E-state index contributed by atoms with van der Waals surface area (Å²) in [4.78, 5) is 30.7. The molecule has 0 saturated carbocycles. The molecule has 2 aromatic rings. The van der Waals surface area contributed by atoms with Crippen molar-refractivity contribution < 1.29 is 4.79 Å². The quantitative estimate of drug-likeness (QED) is 0.799. The van der Waals surface area contributed by atoms with Crippen molar-refractivity contribution in [2.45, 2.75) is 18.6 Å². The molecule has 0 unspecified atom stereocenters. The van der Waals surface area contributed by atoms with Crippen LogP contribution in [0.4, 0.5) is 0 Å². The number of aromatic nitrogens is 3. The van der Waals surface area contributed by atoms with Gasteiger partial charge in [-0.25, -0.2) is 0 Å². The summed E-state index contributed by atoms with van der Waals surface area (Å²) in [7, 11) is 0. The molecule has 1 amide bonds. The summed E-state index contributed by atoms with van der Waals surface area (Å²) in [6.07, 6.45) is 0. The number of hydrogen-bond acceptors (Lipinski definition) is 6. The van der Waals surface area contributed by atoms with Gasteiger partial charge in [0.25, 0.3) is 5.56 Å². The van der Waals surface area contributed by atoms with Crippen LogP contribution in [0, 0.1) is 6.92 Å². The largest absolute Gasteiger partial charge is 0.339 e. The van der Waals surface area contributed by atoms with Crippen molar-refractivity contribution in [2.24, 2.45) is 0 Å². The van der Waals surface area contributed by atoms with Crippen LogP contribution < -0.4 is 5.56 Å². The second kappa shape index (κ2) is 8.26. The van der Waals surface area contributed by atoms with Crippen LogP contribution in [-0.4, -0.2) is 62.8 Å². The fourth-order valence-corrected chi connectivity index (χ4v) is 3.37. The molecule has 1 N–H and O–H groups in total. The topological polar surface area (TPSA) is 82.2 Å². The standard InChI is InChI=1S/C17H21N5O2S/c1-13-16(24)18-17(20-19-13)25-12-15(23)22-9-7-21(8-10-22)11-14-5-3-2-4-6-14/h2-6H,7-12H2,1H3,(H,18,20,24). The molecule has 0 aliphatic carbocycles. The van der Waals surface area contributed by atoms with E-state index in [1.165, 1.54) is 17.3 Å². The number of benzene rings is 1. The molecule has 0 bridgehead atoms. The van der Waals surface area contributed by atoms with E-state index >= 15 is 0 Å². The lowest BCUT2D eigenvalue weighted by Crippen LogP contribution is -2.48. The number of aromatic amines is 1. The van der Waals surface area contributed by atoms with Gasteiger partial charge in [0.15, 0.2) is 5.16 Å². The van der Waals surface area contributed by atoms with E-state index in [0.717, 1.165) is 32.7 Å². The minimum Gasteiger partial charge on any atom is -0.339 e. The first kappa shape index (κ1) is 17.6. The van der Waals surface area contributed by atoms with E-state index in [0.29, 0.717) is 10.9 Å². The Hall–Kier alpha value is -2.19. The minimum absolute atomic E-state index is 0.0626. The van der Waals surface area contributed by atoms with Gasteiger partial charge in [0.2, 0.25) is 5.91 Å². The average Bonchev–Trinajstić information content (AvgIpc) is 2.64. The van der Waals surface area contributed by atoms with Gasteiger partial charge in [0.1, 0.15) is 5.69 Å². The lowest BCUT2D eigenvalue weighted by Gasteiger charge is -2.34. The third-order valence-corrected chi connectivity index (χ3v) is 4.99. The molecule has 1 aliphatic rings. The van der Waals surface area contributed by atoms with Crippen LogP contribution >= 0.6 is 11.8 Å². The number of carbonyl (C=O) groups is 1. The molecular formula is C17H21N5O2S. The SMILES string of the molecule is Cc1nnc(SCC(=O)N2CCN(Cc3ccccc3)CC2)[nH]c1=O. The van der Waals surface area contributed by atoms with Crippen molar-refractivity contribution in [2.75, 3.05) is 31.9 Å². The Labute approximate surface area is 150 Å². The molecule has 132 valence electrons. The monoisotopic (exact) mass is 359 g/mol. The summed E-state index contributed by atoms with van der Waals surface area (Å²) in [5, 5.41) is 8.05. The first-order chi connectivity index (χ1) is 12.1. The zero-order chi connectivity index (χ0) is 17.6. The van der Waals surface area contributed by atoms with Gasteiger partial charge in [-0.1, -0.05) is 42.1 Å². The van der Waals surface area contributed by atoms with E-state index in [2.05, 4.69) is 32.2 Å². The Kier molecular flexibility index (Phi) is 5.83. The molecule has 0 radical (unpaired) electrons. The van der Waals surface area contributed by atoms with E-state index in [-0.39, 0.29) is 17.2 Å². The first-order valence-electron chi connectivity index (χ1n) is 8.22. The number of piperazine rings is 1. The third kappa shape index (κ3) is 4.90. The fraction of sp³-hybridized carbons (Fsp3) is 0.412. The second-order valence-electron chi connectivity index (χ2n) is 5.98. The van der Waals surface area contributed by atoms with Gasteiger partial charge in [-0.15, -0.1) is 10.2 Å². The highest BCUT2D eigenvalue weighted by atomic mass is 32.2. The highest BCUT2D eigenvalue weighted by Crippen LogP contribution is 2.13. The van der Waals surface area contributed by atoms with Crippen molar-refractivity contribution in [1.29, 1.82) is 0 Å². The molecule has 0 spiro atoms. The molecule has 1 aliphatic heterocycles. The Morgan fingerprint density at radius 1 is 1.16 bits per heavy atom. The van der Waals surface area contributed by atoms with E-state index in [1.807, 2.05) is 23.1 Å². The van der Waals surface area contributed by atoms with Gasteiger partial charge >= 0.3 is 0 Å². The molecule has 1 aromatic heterocycles. The highest BCUT2D eigenvalue weighted by Gasteiger charge is 2.21. The predicted molar refractivity (Wildman–Crippen MR) is 96.4 cm³/mol. The van der Waals surface area contributed by atoms with Gasteiger partial charge in [-0.05, 0) is 12.5 Å². The molecule has 1 saturated heterocycles. The summed E-state index contributed by atoms with van der Waals surface area (Å²) in [5.41, 5.74) is 1.35. The van der Waals surface area contributed by atoms with E-state index in [9.17, 15) is 9.59 Å². The number of hydrogen-bond donors (Lipinski definition) is 1. The second-order valence-corrected chi connectivity index (χ2v) is 6.94. The van der Waals surface area contributed by atoms with Crippen LogP contribution in [0.15, 0.2) is 40.3 Å². The summed E-state index contributed by atoms with van der Waals surface area (Å²) in [6, 6.07) is 10.4. The molecule has 3 rings (SSSR count). The van der Waals surface area contributed by atoms with Crippen LogP contribution in [-0.2, 0) is 11.3 Å². The number of amides is 1. The van der Waals surface area contributed by atoms with Crippen molar-refractivity contribution in [3.8, 4) is 0 Å². The van der Waals surface area contributed by atoms with Gasteiger partial charge < -0.3 is 4.90 Å². The zero-order valence-electron chi connectivity index (χ0n) is 14.1.